The van der Waals surface area contributed by atoms with Gasteiger partial charge in [0.05, 0.1) is 0 Å². The molecule has 11 heavy (non-hydrogen) atoms. The molecular formula is C7H17N3S. The van der Waals surface area contributed by atoms with Crippen LogP contribution in [-0.4, -0.2) is 37.8 Å². The molecule has 0 aliphatic carbocycles. The van der Waals surface area contributed by atoms with Crippen LogP contribution in [0.25, 0.3) is 0 Å². The number of nitrogens with one attached hydrogen (secondary N) is 2. The minimum atomic E-state index is -0.667. The van der Waals surface area contributed by atoms with E-state index in [0.717, 1.165) is 25.5 Å². The number of guanidine groups is 1. The van der Waals surface area contributed by atoms with Gasteiger partial charge < -0.3 is 10.0 Å². The molecule has 0 fully saturated rings. The van der Waals surface area contributed by atoms with Crippen LogP contribution >= 0.6 is 10.2 Å². The second-order valence-corrected chi connectivity index (χ2v) is 7.33. The fourth-order valence-electron chi connectivity index (χ4n) is 0.891. The summed E-state index contributed by atoms with van der Waals surface area (Å²) in [5.74, 6) is 0.985. The molecule has 0 saturated heterocycles. The molecule has 0 aromatic rings. The Balaban J connectivity index is 2.42. The van der Waals surface area contributed by atoms with Gasteiger partial charge in [0.15, 0.2) is 5.96 Å². The van der Waals surface area contributed by atoms with Crippen molar-refractivity contribution in [2.75, 3.05) is 31.9 Å². The molecule has 3 nitrogen and oxygen atoms in total. The molecule has 0 radical (unpaired) electrons. The second-order valence-electron chi connectivity index (χ2n) is 3.45. The van der Waals surface area contributed by atoms with Gasteiger partial charge in [-0.3, -0.25) is 4.99 Å². The molecule has 4 heteroatoms. The van der Waals surface area contributed by atoms with Crippen molar-refractivity contribution in [2.24, 2.45) is 4.99 Å². The molecule has 0 aromatic heterocycles. The summed E-state index contributed by atoms with van der Waals surface area (Å²) >= 11 is 0. The van der Waals surface area contributed by atoms with Crippen molar-refractivity contribution in [1.82, 2.24) is 10.0 Å². The predicted molar refractivity (Wildman–Crippen MR) is 53.4 cm³/mol. The lowest BCUT2D eigenvalue weighted by Crippen LogP contribution is -2.41. The second kappa shape index (κ2) is 3.34. The summed E-state index contributed by atoms with van der Waals surface area (Å²) in [4.78, 5) is 4.33. The van der Waals surface area contributed by atoms with E-state index in [1.54, 1.807) is 0 Å². The average Bonchev–Trinajstić information content (AvgIpc) is 1.85. The number of rotatable bonds is 1. The molecule has 0 saturated carbocycles. The minimum absolute atomic E-state index is 0.667. The molecule has 1 aliphatic heterocycles. The monoisotopic (exact) mass is 175 g/mol. The lowest BCUT2D eigenvalue weighted by atomic mass is 10.4. The van der Waals surface area contributed by atoms with Crippen molar-refractivity contribution in [3.63, 3.8) is 0 Å². The zero-order valence-corrected chi connectivity index (χ0v) is 8.29. The highest BCUT2D eigenvalue weighted by Gasteiger charge is 2.08. The summed E-state index contributed by atoms with van der Waals surface area (Å²) in [7, 11) is -0.667. The molecule has 1 heterocycles. The highest BCUT2D eigenvalue weighted by Crippen LogP contribution is 2.28. The SMILES string of the molecule is CS(C)(C)NC1=NCCCN1. The summed E-state index contributed by atoms with van der Waals surface area (Å²) in [5, 5.41) is 3.24. The van der Waals surface area contributed by atoms with Crippen LogP contribution in [0.15, 0.2) is 4.99 Å². The van der Waals surface area contributed by atoms with E-state index in [9.17, 15) is 0 Å². The fourth-order valence-corrected chi connectivity index (χ4v) is 1.61. The van der Waals surface area contributed by atoms with Crippen LogP contribution in [0.3, 0.4) is 0 Å². The third-order valence-electron chi connectivity index (χ3n) is 1.30. The summed E-state index contributed by atoms with van der Waals surface area (Å²) in [6.45, 7) is 2.02. The van der Waals surface area contributed by atoms with E-state index in [1.807, 2.05) is 0 Å². The maximum atomic E-state index is 4.33. The molecule has 1 aliphatic rings. The van der Waals surface area contributed by atoms with Crippen molar-refractivity contribution in [3.05, 3.63) is 0 Å². The molecular weight excluding hydrogens is 158 g/mol. The first-order valence-corrected chi connectivity index (χ1v) is 6.68. The Kier molecular flexibility index (Phi) is 2.65. The summed E-state index contributed by atoms with van der Waals surface area (Å²) < 4.78 is 3.38. The Labute approximate surface area is 70.1 Å². The van der Waals surface area contributed by atoms with Crippen molar-refractivity contribution < 1.29 is 0 Å². The lowest BCUT2D eigenvalue weighted by Gasteiger charge is -2.30. The van der Waals surface area contributed by atoms with E-state index in [4.69, 9.17) is 0 Å². The first-order chi connectivity index (χ1) is 5.08. The van der Waals surface area contributed by atoms with Gasteiger partial charge in [-0.05, 0) is 25.2 Å². The molecule has 0 bridgehead atoms. The highest BCUT2D eigenvalue weighted by atomic mass is 32.3. The normalized spacial score (nSPS) is 20.1. The largest absolute Gasteiger partial charge is 0.356 e. The Bertz CT molecular complexity index is 160. The van der Waals surface area contributed by atoms with E-state index in [-0.39, 0.29) is 0 Å². The summed E-state index contributed by atoms with van der Waals surface area (Å²) in [5.41, 5.74) is 0. The predicted octanol–water partition coefficient (Wildman–Crippen LogP) is 0.534. The van der Waals surface area contributed by atoms with Crippen molar-refractivity contribution in [2.45, 2.75) is 6.42 Å². The quantitative estimate of drug-likeness (QED) is 0.610. The van der Waals surface area contributed by atoms with Gasteiger partial charge in [-0.25, -0.2) is 0 Å². The zero-order valence-electron chi connectivity index (χ0n) is 7.48. The Morgan fingerprint density at radius 3 is 2.64 bits per heavy atom. The Morgan fingerprint density at radius 2 is 2.18 bits per heavy atom. The van der Waals surface area contributed by atoms with Gasteiger partial charge in [-0.2, -0.15) is 10.2 Å². The Morgan fingerprint density at radius 1 is 1.45 bits per heavy atom. The van der Waals surface area contributed by atoms with Crippen molar-refractivity contribution in [1.29, 1.82) is 0 Å². The summed E-state index contributed by atoms with van der Waals surface area (Å²) in [6.07, 6.45) is 7.80. The van der Waals surface area contributed by atoms with Gasteiger partial charge in [0.1, 0.15) is 0 Å². The average molecular weight is 175 g/mol. The molecule has 66 valence electrons. The maximum absolute atomic E-state index is 4.33. The van der Waals surface area contributed by atoms with Gasteiger partial charge in [0, 0.05) is 13.1 Å². The number of aliphatic imine (C=N–C) groups is 1. The van der Waals surface area contributed by atoms with Gasteiger partial charge in [0.2, 0.25) is 0 Å². The third-order valence-corrected chi connectivity index (χ3v) is 2.11. The van der Waals surface area contributed by atoms with E-state index in [0.29, 0.717) is 0 Å². The van der Waals surface area contributed by atoms with Crippen LogP contribution in [0.1, 0.15) is 6.42 Å². The summed E-state index contributed by atoms with van der Waals surface area (Å²) in [6, 6.07) is 0. The van der Waals surface area contributed by atoms with Gasteiger partial charge in [-0.1, -0.05) is 0 Å². The van der Waals surface area contributed by atoms with Crippen LogP contribution in [0.2, 0.25) is 0 Å². The molecule has 0 amide bonds. The minimum Gasteiger partial charge on any atom is -0.356 e. The van der Waals surface area contributed by atoms with Gasteiger partial charge in [-0.15, -0.1) is 0 Å². The third kappa shape index (κ3) is 3.51. The maximum Gasteiger partial charge on any atom is 0.200 e. The molecule has 2 N–H and O–H groups in total. The van der Waals surface area contributed by atoms with E-state index >= 15 is 0 Å². The van der Waals surface area contributed by atoms with Crippen LogP contribution in [0, 0.1) is 0 Å². The smallest absolute Gasteiger partial charge is 0.200 e. The fraction of sp³-hybridized carbons (Fsp3) is 0.857. The van der Waals surface area contributed by atoms with E-state index in [2.05, 4.69) is 33.8 Å². The Hall–Kier alpha value is -0.380. The topological polar surface area (TPSA) is 36.4 Å². The molecule has 0 spiro atoms. The first kappa shape index (κ1) is 8.71. The van der Waals surface area contributed by atoms with E-state index < -0.39 is 10.2 Å². The first-order valence-electron chi connectivity index (χ1n) is 3.82. The number of hydrogen-bond acceptors (Lipinski definition) is 3. The number of nitrogens with zero attached hydrogens (tertiary/aromatic N) is 1. The number of hydrogen-bond donors (Lipinski definition) is 2. The van der Waals surface area contributed by atoms with Crippen LogP contribution in [0.4, 0.5) is 0 Å². The molecule has 1 rings (SSSR count). The molecule has 0 unspecified atom stereocenters. The van der Waals surface area contributed by atoms with Crippen molar-refractivity contribution in [3.8, 4) is 0 Å². The van der Waals surface area contributed by atoms with Crippen molar-refractivity contribution >= 4 is 16.2 Å². The molecule has 0 aromatic carbocycles. The van der Waals surface area contributed by atoms with E-state index in [1.165, 1.54) is 0 Å². The highest BCUT2D eigenvalue weighted by molar-refractivity contribution is 8.30. The van der Waals surface area contributed by atoms with Crippen LogP contribution < -0.4 is 10.0 Å². The van der Waals surface area contributed by atoms with Gasteiger partial charge >= 0.3 is 0 Å². The van der Waals surface area contributed by atoms with Crippen LogP contribution in [0.5, 0.6) is 0 Å². The van der Waals surface area contributed by atoms with Crippen LogP contribution in [-0.2, 0) is 0 Å². The van der Waals surface area contributed by atoms with Gasteiger partial charge in [0.25, 0.3) is 0 Å². The lowest BCUT2D eigenvalue weighted by molar-refractivity contribution is 0.730. The molecule has 0 atom stereocenters. The standard InChI is InChI=1S/C7H17N3S/c1-11(2,3)10-7-8-5-4-6-9-7/h4-6H2,1-3H3,(H2,8,9,10). The zero-order chi connectivity index (χ0) is 8.32.